The second-order valence-electron chi connectivity index (χ2n) is 4.32. The third-order valence-corrected chi connectivity index (χ3v) is 3.28. The molecule has 16 heavy (non-hydrogen) atoms. The van der Waals surface area contributed by atoms with Gasteiger partial charge in [-0.3, -0.25) is 4.68 Å². The van der Waals surface area contributed by atoms with Crippen molar-refractivity contribution in [2.75, 3.05) is 26.2 Å². The van der Waals surface area contributed by atoms with E-state index in [9.17, 15) is 0 Å². The van der Waals surface area contributed by atoms with Crippen molar-refractivity contribution in [2.45, 2.75) is 32.4 Å². The number of aromatic nitrogens is 3. The first kappa shape index (κ1) is 11.5. The molecule has 1 aliphatic rings. The maximum absolute atomic E-state index is 4.08. The van der Waals surface area contributed by atoms with Crippen LogP contribution in [0.4, 0.5) is 0 Å². The van der Waals surface area contributed by atoms with Crippen molar-refractivity contribution in [1.82, 2.24) is 25.0 Å². The van der Waals surface area contributed by atoms with E-state index in [1.807, 2.05) is 4.68 Å². The number of likely N-dealkylation sites (tertiary alicyclic amines) is 1. The average Bonchev–Trinajstić information content (AvgIpc) is 2.83. The highest BCUT2D eigenvalue weighted by Gasteiger charge is 2.16. The van der Waals surface area contributed by atoms with Crippen molar-refractivity contribution in [2.24, 2.45) is 0 Å². The maximum Gasteiger partial charge on any atom is 0.137 e. The van der Waals surface area contributed by atoms with Crippen LogP contribution in [-0.2, 0) is 6.54 Å². The summed E-state index contributed by atoms with van der Waals surface area (Å²) in [5.74, 6) is 0. The zero-order valence-electron chi connectivity index (χ0n) is 9.97. The van der Waals surface area contributed by atoms with Gasteiger partial charge in [-0.15, -0.1) is 0 Å². The van der Waals surface area contributed by atoms with Crippen LogP contribution in [0.1, 0.15) is 19.8 Å². The Balaban J connectivity index is 1.60. The molecule has 5 heteroatoms. The van der Waals surface area contributed by atoms with Gasteiger partial charge in [-0.1, -0.05) is 6.92 Å². The molecule has 1 N–H and O–H groups in total. The van der Waals surface area contributed by atoms with Crippen molar-refractivity contribution in [3.05, 3.63) is 12.7 Å². The van der Waals surface area contributed by atoms with E-state index in [2.05, 4.69) is 27.2 Å². The van der Waals surface area contributed by atoms with Crippen molar-refractivity contribution < 1.29 is 0 Å². The molecule has 1 aliphatic heterocycles. The van der Waals surface area contributed by atoms with E-state index in [4.69, 9.17) is 0 Å². The molecule has 2 rings (SSSR count). The molecule has 0 amide bonds. The standard InChI is InChI=1S/C11H21N5/c1-2-15-6-3-11(4-7-15)13-5-8-16-10-12-9-14-16/h9-11,13H,2-8H2,1H3. The summed E-state index contributed by atoms with van der Waals surface area (Å²) >= 11 is 0. The smallest absolute Gasteiger partial charge is 0.137 e. The lowest BCUT2D eigenvalue weighted by atomic mass is 10.1. The molecule has 1 saturated heterocycles. The molecule has 1 fully saturated rings. The first-order valence-electron chi connectivity index (χ1n) is 6.16. The third-order valence-electron chi connectivity index (χ3n) is 3.28. The van der Waals surface area contributed by atoms with Gasteiger partial charge in [0.05, 0.1) is 6.54 Å². The van der Waals surface area contributed by atoms with Crippen LogP contribution in [0.2, 0.25) is 0 Å². The fourth-order valence-electron chi connectivity index (χ4n) is 2.18. The minimum Gasteiger partial charge on any atom is -0.312 e. The molecule has 2 heterocycles. The summed E-state index contributed by atoms with van der Waals surface area (Å²) in [6.45, 7) is 7.78. The molecule has 90 valence electrons. The average molecular weight is 223 g/mol. The minimum atomic E-state index is 0.686. The van der Waals surface area contributed by atoms with Gasteiger partial charge >= 0.3 is 0 Å². The number of nitrogens with one attached hydrogen (secondary N) is 1. The number of hydrogen-bond donors (Lipinski definition) is 1. The molecule has 0 atom stereocenters. The van der Waals surface area contributed by atoms with Gasteiger partial charge in [0, 0.05) is 12.6 Å². The van der Waals surface area contributed by atoms with Gasteiger partial charge in [0.2, 0.25) is 0 Å². The molecule has 1 aromatic heterocycles. The Morgan fingerprint density at radius 2 is 2.19 bits per heavy atom. The van der Waals surface area contributed by atoms with E-state index in [0.717, 1.165) is 13.1 Å². The number of hydrogen-bond acceptors (Lipinski definition) is 4. The fourth-order valence-corrected chi connectivity index (χ4v) is 2.18. The number of piperidine rings is 1. The van der Waals surface area contributed by atoms with Gasteiger partial charge in [-0.25, -0.2) is 4.98 Å². The summed E-state index contributed by atoms with van der Waals surface area (Å²) in [7, 11) is 0. The van der Waals surface area contributed by atoms with Crippen LogP contribution >= 0.6 is 0 Å². The lowest BCUT2D eigenvalue weighted by molar-refractivity contribution is 0.205. The van der Waals surface area contributed by atoms with E-state index in [0.29, 0.717) is 6.04 Å². The summed E-state index contributed by atoms with van der Waals surface area (Å²) in [6.07, 6.45) is 5.89. The van der Waals surface area contributed by atoms with Crippen molar-refractivity contribution in [1.29, 1.82) is 0 Å². The van der Waals surface area contributed by atoms with Crippen molar-refractivity contribution in [3.63, 3.8) is 0 Å². The van der Waals surface area contributed by atoms with Gasteiger partial charge in [0.25, 0.3) is 0 Å². The van der Waals surface area contributed by atoms with Crippen LogP contribution < -0.4 is 5.32 Å². The van der Waals surface area contributed by atoms with Gasteiger partial charge in [0.15, 0.2) is 0 Å². The fraction of sp³-hybridized carbons (Fsp3) is 0.818. The van der Waals surface area contributed by atoms with Gasteiger partial charge in [-0.2, -0.15) is 5.10 Å². The molecular formula is C11H21N5. The predicted molar refractivity (Wildman–Crippen MR) is 63.2 cm³/mol. The summed E-state index contributed by atoms with van der Waals surface area (Å²) in [6, 6.07) is 0.686. The van der Waals surface area contributed by atoms with E-state index >= 15 is 0 Å². The molecule has 0 bridgehead atoms. The van der Waals surface area contributed by atoms with Crippen LogP contribution in [0.5, 0.6) is 0 Å². The molecule has 0 unspecified atom stereocenters. The quantitative estimate of drug-likeness (QED) is 0.782. The molecular weight excluding hydrogens is 202 g/mol. The Morgan fingerprint density at radius 3 is 2.81 bits per heavy atom. The predicted octanol–water partition coefficient (Wildman–Crippen LogP) is 0.352. The summed E-state index contributed by atoms with van der Waals surface area (Å²) in [5.41, 5.74) is 0. The van der Waals surface area contributed by atoms with Crippen LogP contribution in [0.15, 0.2) is 12.7 Å². The largest absolute Gasteiger partial charge is 0.312 e. The van der Waals surface area contributed by atoms with Crippen molar-refractivity contribution in [3.8, 4) is 0 Å². The molecule has 0 spiro atoms. The molecule has 1 aromatic rings. The lowest BCUT2D eigenvalue weighted by Gasteiger charge is -2.31. The topological polar surface area (TPSA) is 46.0 Å². The summed E-state index contributed by atoms with van der Waals surface area (Å²) in [5, 5.41) is 7.67. The SMILES string of the molecule is CCN1CCC(NCCn2cncn2)CC1. The normalized spacial score (nSPS) is 19.1. The Bertz CT molecular complexity index is 277. The molecule has 0 aromatic carbocycles. The van der Waals surface area contributed by atoms with Crippen LogP contribution in [-0.4, -0.2) is 51.9 Å². The second kappa shape index (κ2) is 5.96. The lowest BCUT2D eigenvalue weighted by Crippen LogP contribution is -2.43. The Kier molecular flexibility index (Phi) is 4.30. The highest BCUT2D eigenvalue weighted by atomic mass is 15.3. The zero-order valence-corrected chi connectivity index (χ0v) is 9.97. The maximum atomic E-state index is 4.08. The highest BCUT2D eigenvalue weighted by Crippen LogP contribution is 2.09. The summed E-state index contributed by atoms with van der Waals surface area (Å²) < 4.78 is 1.87. The van der Waals surface area contributed by atoms with Crippen LogP contribution in [0.25, 0.3) is 0 Å². The summed E-state index contributed by atoms with van der Waals surface area (Å²) in [4.78, 5) is 6.44. The molecule has 0 aliphatic carbocycles. The molecule has 5 nitrogen and oxygen atoms in total. The minimum absolute atomic E-state index is 0.686. The first-order chi connectivity index (χ1) is 7.88. The van der Waals surface area contributed by atoms with Gasteiger partial charge in [0.1, 0.15) is 12.7 Å². The van der Waals surface area contributed by atoms with Crippen molar-refractivity contribution >= 4 is 0 Å². The van der Waals surface area contributed by atoms with Gasteiger partial charge in [-0.05, 0) is 32.5 Å². The number of nitrogens with zero attached hydrogens (tertiary/aromatic N) is 4. The zero-order chi connectivity index (χ0) is 11.2. The monoisotopic (exact) mass is 223 g/mol. The third kappa shape index (κ3) is 3.28. The van der Waals surface area contributed by atoms with E-state index in [1.165, 1.54) is 32.5 Å². The van der Waals surface area contributed by atoms with E-state index < -0.39 is 0 Å². The van der Waals surface area contributed by atoms with Gasteiger partial charge < -0.3 is 10.2 Å². The van der Waals surface area contributed by atoms with E-state index in [1.54, 1.807) is 12.7 Å². The van der Waals surface area contributed by atoms with Crippen LogP contribution in [0, 0.1) is 0 Å². The molecule has 0 radical (unpaired) electrons. The Morgan fingerprint density at radius 1 is 1.38 bits per heavy atom. The Hall–Kier alpha value is -0.940. The van der Waals surface area contributed by atoms with E-state index in [-0.39, 0.29) is 0 Å². The highest BCUT2D eigenvalue weighted by molar-refractivity contribution is 4.76. The molecule has 0 saturated carbocycles. The Labute approximate surface area is 96.8 Å². The second-order valence-corrected chi connectivity index (χ2v) is 4.32. The number of rotatable bonds is 5. The van der Waals surface area contributed by atoms with Crippen LogP contribution in [0.3, 0.4) is 0 Å². The first-order valence-corrected chi connectivity index (χ1v) is 6.16.